The monoisotopic (exact) mass is 451 g/mol. The molecule has 0 saturated carbocycles. The number of hydrogen-bond acceptors (Lipinski definition) is 7. The van der Waals surface area contributed by atoms with Gasteiger partial charge in [0.1, 0.15) is 5.69 Å². The molecule has 0 bridgehead atoms. The Bertz CT molecular complexity index is 1090. The van der Waals surface area contributed by atoms with Gasteiger partial charge in [-0.2, -0.15) is 0 Å². The van der Waals surface area contributed by atoms with Crippen LogP contribution in [-0.2, 0) is 30.7 Å². The highest BCUT2D eigenvalue weighted by Crippen LogP contribution is 2.20. The molecule has 1 heterocycles. The van der Waals surface area contributed by atoms with Crippen LogP contribution in [-0.4, -0.2) is 51.0 Å². The Labute approximate surface area is 180 Å². The normalized spacial score (nSPS) is 12.2. The van der Waals surface area contributed by atoms with Crippen molar-refractivity contribution in [3.05, 3.63) is 52.3 Å². The molecule has 1 unspecified atom stereocenters. The van der Waals surface area contributed by atoms with Crippen LogP contribution in [0.2, 0.25) is 0 Å². The third kappa shape index (κ3) is 5.92. The van der Waals surface area contributed by atoms with E-state index in [0.29, 0.717) is 17.7 Å². The molecular formula is C20H25N3O7S. The summed E-state index contributed by atoms with van der Waals surface area (Å²) in [6.45, 7) is 4.89. The van der Waals surface area contributed by atoms with Crippen LogP contribution in [0.3, 0.4) is 0 Å². The van der Waals surface area contributed by atoms with Crippen LogP contribution in [0.5, 0.6) is 0 Å². The summed E-state index contributed by atoms with van der Waals surface area (Å²) in [5, 5.41) is 7.70. The van der Waals surface area contributed by atoms with Gasteiger partial charge in [0.2, 0.25) is 10.0 Å². The second kappa shape index (κ2) is 9.75. The average molecular weight is 452 g/mol. The molecule has 0 fully saturated rings. The number of aromatic amines is 1. The summed E-state index contributed by atoms with van der Waals surface area (Å²) in [6.07, 6.45) is -0.629. The van der Waals surface area contributed by atoms with Gasteiger partial charge in [0.25, 0.3) is 5.91 Å². The van der Waals surface area contributed by atoms with Gasteiger partial charge in [-0.25, -0.2) is 23.1 Å². The van der Waals surface area contributed by atoms with Crippen molar-refractivity contribution < 1.29 is 32.3 Å². The van der Waals surface area contributed by atoms with Crippen LogP contribution < -0.4 is 10.5 Å². The molecule has 168 valence electrons. The van der Waals surface area contributed by atoms with Crippen LogP contribution in [0.1, 0.15) is 44.6 Å². The van der Waals surface area contributed by atoms with E-state index in [4.69, 9.17) is 14.6 Å². The zero-order valence-electron chi connectivity index (χ0n) is 17.6. The topological polar surface area (TPSA) is 158 Å². The molecule has 1 atom stereocenters. The van der Waals surface area contributed by atoms with Crippen LogP contribution in [0.25, 0.3) is 0 Å². The number of sulfonamides is 1. The first-order chi connectivity index (χ1) is 14.5. The first-order valence-corrected chi connectivity index (χ1v) is 10.9. The van der Waals surface area contributed by atoms with Crippen LogP contribution in [0.15, 0.2) is 29.2 Å². The van der Waals surface area contributed by atoms with E-state index in [-0.39, 0.29) is 22.7 Å². The quantitative estimate of drug-likeness (QED) is 0.505. The number of nitrogens with one attached hydrogen (secondary N) is 2. The number of H-pyrrole nitrogens is 1. The fourth-order valence-electron chi connectivity index (χ4n) is 2.95. The van der Waals surface area contributed by atoms with E-state index >= 15 is 0 Å². The summed E-state index contributed by atoms with van der Waals surface area (Å²) in [5.74, 6) is -1.84. The van der Waals surface area contributed by atoms with Crippen molar-refractivity contribution in [2.75, 3.05) is 13.7 Å². The lowest BCUT2D eigenvalue weighted by Gasteiger charge is -2.13. The SMILES string of the molecule is COC(=O)c1c(C)[nH]c(C(=O)OC(C)C(=O)NCCc2ccc(S(N)(=O)=O)cc2)c1C. The maximum atomic E-state index is 12.4. The second-order valence-corrected chi connectivity index (χ2v) is 8.46. The fourth-order valence-corrected chi connectivity index (χ4v) is 3.47. The number of esters is 2. The van der Waals surface area contributed by atoms with Gasteiger partial charge >= 0.3 is 11.9 Å². The van der Waals surface area contributed by atoms with Crippen molar-refractivity contribution in [2.24, 2.45) is 5.14 Å². The number of carbonyl (C=O) groups excluding carboxylic acids is 3. The molecule has 1 amide bonds. The Hall–Kier alpha value is -3.18. The molecule has 10 nitrogen and oxygen atoms in total. The standard InChI is InChI=1S/C20H25N3O7S/c1-11-16(19(25)29-4)12(2)23-17(11)20(26)30-13(3)18(24)22-10-9-14-5-7-15(8-6-14)31(21,27)28/h5-8,13,23H,9-10H2,1-4H3,(H,22,24)(H2,21,27,28). The van der Waals surface area contributed by atoms with Gasteiger partial charge in [-0.3, -0.25) is 4.79 Å². The zero-order valence-corrected chi connectivity index (χ0v) is 18.5. The largest absolute Gasteiger partial charge is 0.465 e. The summed E-state index contributed by atoms with van der Waals surface area (Å²) < 4.78 is 32.4. The lowest BCUT2D eigenvalue weighted by Crippen LogP contribution is -2.37. The molecule has 2 rings (SSSR count). The van der Waals surface area contributed by atoms with E-state index in [9.17, 15) is 22.8 Å². The van der Waals surface area contributed by atoms with Gasteiger partial charge in [-0.05, 0) is 50.5 Å². The molecule has 0 spiro atoms. The third-order valence-electron chi connectivity index (χ3n) is 4.65. The summed E-state index contributed by atoms with van der Waals surface area (Å²) in [6, 6.07) is 5.98. The molecule has 0 aliphatic rings. The van der Waals surface area contributed by atoms with Gasteiger partial charge < -0.3 is 19.8 Å². The number of rotatable bonds is 8. The number of hydrogen-bond donors (Lipinski definition) is 3. The first kappa shape index (κ1) is 24.1. The zero-order chi connectivity index (χ0) is 23.3. The molecule has 1 aromatic heterocycles. The molecule has 0 radical (unpaired) electrons. The van der Waals surface area contributed by atoms with Crippen molar-refractivity contribution >= 4 is 27.9 Å². The van der Waals surface area contributed by atoms with Crippen molar-refractivity contribution in [3.8, 4) is 0 Å². The fraction of sp³-hybridized carbons (Fsp3) is 0.350. The van der Waals surface area contributed by atoms with Crippen molar-refractivity contribution in [3.63, 3.8) is 0 Å². The minimum absolute atomic E-state index is 0.00558. The second-order valence-electron chi connectivity index (χ2n) is 6.89. The number of methoxy groups -OCH3 is 1. The molecule has 2 aromatic rings. The van der Waals surface area contributed by atoms with Crippen molar-refractivity contribution in [2.45, 2.75) is 38.2 Å². The molecule has 11 heteroatoms. The number of amides is 1. The van der Waals surface area contributed by atoms with E-state index in [2.05, 4.69) is 10.3 Å². The van der Waals surface area contributed by atoms with E-state index in [1.165, 1.54) is 26.2 Å². The molecular weight excluding hydrogens is 426 g/mol. The van der Waals surface area contributed by atoms with Gasteiger partial charge in [-0.15, -0.1) is 0 Å². The highest BCUT2D eigenvalue weighted by Gasteiger charge is 2.26. The van der Waals surface area contributed by atoms with Crippen LogP contribution in [0, 0.1) is 13.8 Å². The minimum Gasteiger partial charge on any atom is -0.465 e. The molecule has 1 aromatic carbocycles. The van der Waals surface area contributed by atoms with Crippen LogP contribution >= 0.6 is 0 Å². The smallest absolute Gasteiger partial charge is 0.355 e. The van der Waals surface area contributed by atoms with E-state index in [1.807, 2.05) is 0 Å². The Kier molecular flexibility index (Phi) is 7.58. The minimum atomic E-state index is -3.76. The Morgan fingerprint density at radius 3 is 2.29 bits per heavy atom. The van der Waals surface area contributed by atoms with Gasteiger partial charge in [0.05, 0.1) is 17.6 Å². The summed E-state index contributed by atoms with van der Waals surface area (Å²) in [5.41, 5.74) is 1.96. The Morgan fingerprint density at radius 1 is 1.13 bits per heavy atom. The predicted octanol–water partition coefficient (Wildman–Crippen LogP) is 0.970. The van der Waals surface area contributed by atoms with E-state index in [0.717, 1.165) is 5.56 Å². The number of benzene rings is 1. The number of primary sulfonamides is 1. The Morgan fingerprint density at radius 2 is 1.74 bits per heavy atom. The molecule has 4 N–H and O–H groups in total. The third-order valence-corrected chi connectivity index (χ3v) is 5.58. The summed E-state index contributed by atoms with van der Waals surface area (Å²) >= 11 is 0. The van der Waals surface area contributed by atoms with Gasteiger partial charge in [0.15, 0.2) is 6.10 Å². The van der Waals surface area contributed by atoms with E-state index < -0.39 is 34.0 Å². The predicted molar refractivity (Wildman–Crippen MR) is 111 cm³/mol. The summed E-state index contributed by atoms with van der Waals surface area (Å²) in [7, 11) is -2.51. The summed E-state index contributed by atoms with van der Waals surface area (Å²) in [4.78, 5) is 39.3. The van der Waals surface area contributed by atoms with E-state index in [1.54, 1.807) is 26.0 Å². The average Bonchev–Trinajstić information content (AvgIpc) is 3.01. The van der Waals surface area contributed by atoms with Gasteiger partial charge in [0, 0.05) is 12.2 Å². The highest BCUT2D eigenvalue weighted by atomic mass is 32.2. The highest BCUT2D eigenvalue weighted by molar-refractivity contribution is 7.89. The molecule has 0 aliphatic carbocycles. The molecule has 0 saturated heterocycles. The van der Waals surface area contributed by atoms with Gasteiger partial charge in [-0.1, -0.05) is 12.1 Å². The molecule has 0 aliphatic heterocycles. The maximum absolute atomic E-state index is 12.4. The van der Waals surface area contributed by atoms with Crippen LogP contribution in [0.4, 0.5) is 0 Å². The Balaban J connectivity index is 1.91. The maximum Gasteiger partial charge on any atom is 0.355 e. The lowest BCUT2D eigenvalue weighted by molar-refractivity contribution is -0.129. The number of ether oxygens (including phenoxy) is 2. The number of aromatic nitrogens is 1. The van der Waals surface area contributed by atoms with Crippen molar-refractivity contribution in [1.82, 2.24) is 10.3 Å². The number of nitrogens with two attached hydrogens (primary N) is 1. The number of carbonyl (C=O) groups is 3. The molecule has 31 heavy (non-hydrogen) atoms. The van der Waals surface area contributed by atoms with Crippen molar-refractivity contribution in [1.29, 1.82) is 0 Å². The first-order valence-electron chi connectivity index (χ1n) is 9.33. The number of aryl methyl sites for hydroxylation is 1. The lowest BCUT2D eigenvalue weighted by atomic mass is 10.1.